The Morgan fingerprint density at radius 3 is 2.75 bits per heavy atom. The Kier molecular flexibility index (Phi) is 4.90. The molecule has 0 atom stereocenters. The summed E-state index contributed by atoms with van der Waals surface area (Å²) in [5.41, 5.74) is 2.62. The lowest BCUT2D eigenvalue weighted by Crippen LogP contribution is -2.31. The van der Waals surface area contributed by atoms with Gasteiger partial charge in [0.15, 0.2) is 0 Å². The van der Waals surface area contributed by atoms with Crippen molar-refractivity contribution in [3.05, 3.63) is 63.9 Å². The lowest BCUT2D eigenvalue weighted by molar-refractivity contribution is 0.0750. The van der Waals surface area contributed by atoms with Crippen LogP contribution in [0.15, 0.2) is 47.1 Å². The molecule has 0 aliphatic carbocycles. The maximum atomic E-state index is 12.6. The van der Waals surface area contributed by atoms with E-state index in [-0.39, 0.29) is 5.91 Å². The number of halogens is 1. The van der Waals surface area contributed by atoms with Crippen LogP contribution in [-0.2, 0) is 6.54 Å². The van der Waals surface area contributed by atoms with Gasteiger partial charge in [0.25, 0.3) is 5.91 Å². The number of carbonyl (C=O) groups is 1. The molecule has 0 fully saturated rings. The second kappa shape index (κ2) is 6.66. The van der Waals surface area contributed by atoms with Crippen molar-refractivity contribution in [2.24, 2.45) is 0 Å². The van der Waals surface area contributed by atoms with E-state index in [9.17, 15) is 4.79 Å². The topological polar surface area (TPSA) is 33.2 Å². The predicted molar refractivity (Wildman–Crippen MR) is 83.5 cm³/mol. The van der Waals surface area contributed by atoms with Crippen LogP contribution < -0.4 is 0 Å². The Hall–Kier alpha value is -1.68. The Balaban J connectivity index is 2.23. The van der Waals surface area contributed by atoms with Gasteiger partial charge in [-0.1, -0.05) is 28.1 Å². The number of nitrogens with zero attached hydrogens (tertiary/aromatic N) is 2. The first-order valence-electron chi connectivity index (χ1n) is 6.57. The zero-order chi connectivity index (χ0) is 14.5. The van der Waals surface area contributed by atoms with Gasteiger partial charge in [0.05, 0.1) is 12.2 Å². The average Bonchev–Trinajstić information content (AvgIpc) is 2.47. The van der Waals surface area contributed by atoms with Crippen molar-refractivity contribution in [1.82, 2.24) is 9.88 Å². The van der Waals surface area contributed by atoms with E-state index in [1.54, 1.807) is 11.1 Å². The van der Waals surface area contributed by atoms with Gasteiger partial charge in [0.1, 0.15) is 0 Å². The summed E-state index contributed by atoms with van der Waals surface area (Å²) in [6.45, 7) is 5.12. The summed E-state index contributed by atoms with van der Waals surface area (Å²) in [5.74, 6) is 0.0388. The van der Waals surface area contributed by atoms with Crippen LogP contribution in [0.2, 0.25) is 0 Å². The third-order valence-corrected chi connectivity index (χ3v) is 3.67. The summed E-state index contributed by atoms with van der Waals surface area (Å²) < 4.78 is 0.917. The lowest BCUT2D eigenvalue weighted by Gasteiger charge is -2.21. The number of hydrogen-bond acceptors (Lipinski definition) is 2. The van der Waals surface area contributed by atoms with Gasteiger partial charge in [0.2, 0.25) is 0 Å². The average molecular weight is 333 g/mol. The smallest absolute Gasteiger partial charge is 0.254 e. The highest BCUT2D eigenvalue weighted by Gasteiger charge is 2.17. The highest BCUT2D eigenvalue weighted by molar-refractivity contribution is 9.10. The molecule has 1 aromatic carbocycles. The standard InChI is InChI=1S/C16H17BrN2O/c1-3-19(11-14-6-4-5-9-18-14)16(20)15-10-13(17)8-7-12(15)2/h4-10H,3,11H2,1-2H3. The quantitative estimate of drug-likeness (QED) is 0.852. The van der Waals surface area contributed by atoms with E-state index in [1.165, 1.54) is 0 Å². The van der Waals surface area contributed by atoms with Gasteiger partial charge in [-0.3, -0.25) is 9.78 Å². The molecule has 0 saturated carbocycles. The van der Waals surface area contributed by atoms with Gasteiger partial charge >= 0.3 is 0 Å². The first-order valence-corrected chi connectivity index (χ1v) is 7.36. The summed E-state index contributed by atoms with van der Waals surface area (Å²) in [6, 6.07) is 11.5. The van der Waals surface area contributed by atoms with E-state index in [4.69, 9.17) is 0 Å². The maximum absolute atomic E-state index is 12.6. The van der Waals surface area contributed by atoms with Gasteiger partial charge in [-0.15, -0.1) is 0 Å². The molecule has 0 radical (unpaired) electrons. The van der Waals surface area contributed by atoms with Crippen molar-refractivity contribution < 1.29 is 4.79 Å². The molecular weight excluding hydrogens is 316 g/mol. The normalized spacial score (nSPS) is 10.3. The van der Waals surface area contributed by atoms with Crippen LogP contribution in [0.4, 0.5) is 0 Å². The highest BCUT2D eigenvalue weighted by Crippen LogP contribution is 2.18. The second-order valence-corrected chi connectivity index (χ2v) is 5.52. The lowest BCUT2D eigenvalue weighted by atomic mass is 10.1. The summed E-state index contributed by atoms with van der Waals surface area (Å²) in [4.78, 5) is 18.7. The van der Waals surface area contributed by atoms with Crippen molar-refractivity contribution in [2.45, 2.75) is 20.4 Å². The summed E-state index contributed by atoms with van der Waals surface area (Å²) in [5, 5.41) is 0. The molecular formula is C16H17BrN2O. The van der Waals surface area contributed by atoms with Crippen molar-refractivity contribution in [3.8, 4) is 0 Å². The first kappa shape index (κ1) is 14.7. The maximum Gasteiger partial charge on any atom is 0.254 e. The number of pyridine rings is 1. The Morgan fingerprint density at radius 1 is 1.30 bits per heavy atom. The zero-order valence-corrected chi connectivity index (χ0v) is 13.2. The third kappa shape index (κ3) is 3.45. The van der Waals surface area contributed by atoms with Crippen LogP contribution in [0.3, 0.4) is 0 Å². The fourth-order valence-corrected chi connectivity index (χ4v) is 2.37. The number of benzene rings is 1. The summed E-state index contributed by atoms with van der Waals surface area (Å²) in [6.07, 6.45) is 1.75. The van der Waals surface area contributed by atoms with Crippen LogP contribution in [0.1, 0.15) is 28.5 Å². The molecule has 0 aliphatic heterocycles. The number of rotatable bonds is 4. The molecule has 2 rings (SSSR count). The van der Waals surface area contributed by atoms with Crippen LogP contribution in [-0.4, -0.2) is 22.3 Å². The summed E-state index contributed by atoms with van der Waals surface area (Å²) in [7, 11) is 0. The number of aryl methyl sites for hydroxylation is 1. The Morgan fingerprint density at radius 2 is 2.10 bits per heavy atom. The molecule has 3 nitrogen and oxygen atoms in total. The van der Waals surface area contributed by atoms with Gasteiger partial charge in [-0.25, -0.2) is 0 Å². The molecule has 0 spiro atoms. The number of aromatic nitrogens is 1. The highest BCUT2D eigenvalue weighted by atomic mass is 79.9. The molecule has 0 saturated heterocycles. The van der Waals surface area contributed by atoms with Gasteiger partial charge in [-0.05, 0) is 43.7 Å². The fraction of sp³-hybridized carbons (Fsp3) is 0.250. The van der Waals surface area contributed by atoms with E-state index in [1.807, 2.05) is 50.2 Å². The fourth-order valence-electron chi connectivity index (χ4n) is 2.01. The minimum atomic E-state index is 0.0388. The van der Waals surface area contributed by atoms with Crippen LogP contribution in [0, 0.1) is 6.92 Å². The van der Waals surface area contributed by atoms with Crippen molar-refractivity contribution in [1.29, 1.82) is 0 Å². The van der Waals surface area contributed by atoms with Crippen molar-refractivity contribution >= 4 is 21.8 Å². The molecule has 1 amide bonds. The molecule has 0 N–H and O–H groups in total. The SMILES string of the molecule is CCN(Cc1ccccn1)C(=O)c1cc(Br)ccc1C. The molecule has 0 unspecified atom stereocenters. The van der Waals surface area contributed by atoms with E-state index in [0.29, 0.717) is 13.1 Å². The molecule has 4 heteroatoms. The third-order valence-electron chi connectivity index (χ3n) is 3.18. The van der Waals surface area contributed by atoms with E-state index < -0.39 is 0 Å². The molecule has 0 aliphatic rings. The summed E-state index contributed by atoms with van der Waals surface area (Å²) >= 11 is 3.42. The Bertz CT molecular complexity index is 599. The van der Waals surface area contributed by atoms with E-state index >= 15 is 0 Å². The minimum Gasteiger partial charge on any atom is -0.333 e. The zero-order valence-electron chi connectivity index (χ0n) is 11.6. The monoisotopic (exact) mass is 332 g/mol. The van der Waals surface area contributed by atoms with Gasteiger partial charge in [0, 0.05) is 22.8 Å². The minimum absolute atomic E-state index is 0.0388. The number of carbonyl (C=O) groups excluding carboxylic acids is 1. The van der Waals surface area contributed by atoms with Crippen molar-refractivity contribution in [3.63, 3.8) is 0 Å². The van der Waals surface area contributed by atoms with Crippen LogP contribution >= 0.6 is 15.9 Å². The Labute approximate surface area is 127 Å². The molecule has 104 valence electrons. The second-order valence-electron chi connectivity index (χ2n) is 4.60. The number of amides is 1. The van der Waals surface area contributed by atoms with Crippen LogP contribution in [0.5, 0.6) is 0 Å². The molecule has 1 heterocycles. The number of hydrogen-bond donors (Lipinski definition) is 0. The first-order chi connectivity index (χ1) is 9.61. The molecule has 1 aromatic heterocycles. The van der Waals surface area contributed by atoms with Gasteiger partial charge in [-0.2, -0.15) is 0 Å². The van der Waals surface area contributed by atoms with E-state index in [0.717, 1.165) is 21.3 Å². The van der Waals surface area contributed by atoms with Crippen LogP contribution in [0.25, 0.3) is 0 Å². The molecule has 2 aromatic rings. The van der Waals surface area contributed by atoms with E-state index in [2.05, 4.69) is 20.9 Å². The predicted octanol–water partition coefficient (Wildman–Crippen LogP) is 3.81. The van der Waals surface area contributed by atoms with Gasteiger partial charge < -0.3 is 4.90 Å². The molecule has 20 heavy (non-hydrogen) atoms. The molecule has 0 bridgehead atoms. The van der Waals surface area contributed by atoms with Crippen molar-refractivity contribution in [2.75, 3.05) is 6.54 Å². The largest absolute Gasteiger partial charge is 0.333 e.